The van der Waals surface area contributed by atoms with E-state index < -0.39 is 0 Å². The molecule has 0 bridgehead atoms. The molecule has 3 aromatic heterocycles. The first-order valence-electron chi connectivity index (χ1n) is 10.0. The Hall–Kier alpha value is -2.77. The quantitative estimate of drug-likeness (QED) is 0.614. The van der Waals surface area contributed by atoms with E-state index in [9.17, 15) is 0 Å². The van der Waals surface area contributed by atoms with E-state index in [1.54, 1.807) is 13.4 Å². The van der Waals surface area contributed by atoms with Crippen LogP contribution in [0.25, 0.3) is 11.1 Å². The number of likely N-dealkylation sites (tertiary alicyclic amines) is 1. The first-order valence-corrected chi connectivity index (χ1v) is 10.0. The highest BCUT2D eigenvalue weighted by Gasteiger charge is 2.21. The smallest absolute Gasteiger partial charge is 0.130 e. The maximum absolute atomic E-state index is 5.07. The van der Waals surface area contributed by atoms with Crippen LogP contribution in [0.2, 0.25) is 0 Å². The van der Waals surface area contributed by atoms with Crippen LogP contribution < -0.4 is 0 Å². The van der Waals surface area contributed by atoms with E-state index in [2.05, 4.69) is 37.0 Å². The van der Waals surface area contributed by atoms with Crippen molar-refractivity contribution in [2.24, 2.45) is 0 Å². The van der Waals surface area contributed by atoms with Gasteiger partial charge in [0, 0.05) is 79.4 Å². The van der Waals surface area contributed by atoms with Crippen LogP contribution in [-0.4, -0.2) is 56.6 Å². The van der Waals surface area contributed by atoms with Crippen LogP contribution >= 0.6 is 0 Å². The molecule has 0 aliphatic carbocycles. The average molecular weight is 390 g/mol. The normalized spacial score (nSPS) is 15.5. The van der Waals surface area contributed by atoms with E-state index in [-0.39, 0.29) is 0 Å². The molecule has 1 saturated heterocycles. The third-order valence-corrected chi connectivity index (χ3v) is 5.38. The van der Waals surface area contributed by atoms with E-state index in [1.807, 2.05) is 31.0 Å². The molecule has 1 aliphatic heterocycles. The maximum Gasteiger partial charge on any atom is 0.130 e. The first kappa shape index (κ1) is 19.5. The van der Waals surface area contributed by atoms with Gasteiger partial charge >= 0.3 is 0 Å². The largest absolute Gasteiger partial charge is 0.384 e. The molecule has 0 radical (unpaired) electrons. The summed E-state index contributed by atoms with van der Waals surface area (Å²) in [5.74, 6) is 1.35. The van der Waals surface area contributed by atoms with Crippen molar-refractivity contribution < 1.29 is 4.74 Å². The van der Waals surface area contributed by atoms with Crippen molar-refractivity contribution in [3.8, 4) is 11.1 Å². The molecule has 4 heterocycles. The Morgan fingerprint density at radius 1 is 0.931 bits per heavy atom. The van der Waals surface area contributed by atoms with E-state index in [0.717, 1.165) is 61.4 Å². The van der Waals surface area contributed by atoms with Crippen LogP contribution in [0, 0.1) is 0 Å². The van der Waals surface area contributed by atoms with Crippen LogP contribution in [0.3, 0.4) is 0 Å². The zero-order valence-corrected chi connectivity index (χ0v) is 16.7. The number of piperidine rings is 1. The Balaban J connectivity index is 1.29. The SMILES string of the molecule is COCCc1ncc(CN2CCC(c3ccc(-c4cncnc4)cn3)CC2)cn1. The summed E-state index contributed by atoms with van der Waals surface area (Å²) in [4.78, 5) is 24.2. The van der Waals surface area contributed by atoms with Gasteiger partial charge in [-0.25, -0.2) is 19.9 Å². The fraction of sp³-hybridized carbons (Fsp3) is 0.409. The zero-order chi connectivity index (χ0) is 19.9. The summed E-state index contributed by atoms with van der Waals surface area (Å²) >= 11 is 0. The van der Waals surface area contributed by atoms with Crippen molar-refractivity contribution in [2.45, 2.75) is 31.7 Å². The number of methoxy groups -OCH3 is 1. The van der Waals surface area contributed by atoms with E-state index >= 15 is 0 Å². The van der Waals surface area contributed by atoms with Gasteiger partial charge in [-0.2, -0.15) is 0 Å². The molecule has 0 aromatic carbocycles. The Labute approximate surface area is 171 Å². The van der Waals surface area contributed by atoms with Gasteiger partial charge < -0.3 is 4.74 Å². The lowest BCUT2D eigenvalue weighted by molar-refractivity contribution is 0.199. The minimum Gasteiger partial charge on any atom is -0.384 e. The van der Waals surface area contributed by atoms with Gasteiger partial charge in [0.2, 0.25) is 0 Å². The second kappa shape index (κ2) is 9.62. The third kappa shape index (κ3) is 5.19. The van der Waals surface area contributed by atoms with Crippen molar-refractivity contribution in [1.29, 1.82) is 0 Å². The minimum atomic E-state index is 0.514. The van der Waals surface area contributed by atoms with Gasteiger partial charge in [0.15, 0.2) is 0 Å². The summed E-state index contributed by atoms with van der Waals surface area (Å²) in [6.07, 6.45) is 14.0. The molecule has 0 amide bonds. The number of nitrogens with zero attached hydrogens (tertiary/aromatic N) is 6. The van der Waals surface area contributed by atoms with Crippen molar-refractivity contribution >= 4 is 0 Å². The Kier molecular flexibility index (Phi) is 6.49. The van der Waals surface area contributed by atoms with Crippen LogP contribution in [0.15, 0.2) is 49.4 Å². The van der Waals surface area contributed by atoms with Crippen LogP contribution in [0.1, 0.15) is 35.8 Å². The van der Waals surface area contributed by atoms with Crippen LogP contribution in [0.5, 0.6) is 0 Å². The molecule has 29 heavy (non-hydrogen) atoms. The predicted molar refractivity (Wildman–Crippen MR) is 110 cm³/mol. The molecule has 7 nitrogen and oxygen atoms in total. The Morgan fingerprint density at radius 3 is 2.34 bits per heavy atom. The highest BCUT2D eigenvalue weighted by Crippen LogP contribution is 2.28. The van der Waals surface area contributed by atoms with Gasteiger partial charge in [-0.15, -0.1) is 0 Å². The lowest BCUT2D eigenvalue weighted by atomic mass is 9.92. The van der Waals surface area contributed by atoms with Gasteiger partial charge in [-0.1, -0.05) is 6.07 Å². The number of hydrogen-bond donors (Lipinski definition) is 0. The maximum atomic E-state index is 5.07. The summed E-state index contributed by atoms with van der Waals surface area (Å²) in [5.41, 5.74) is 4.39. The molecule has 0 atom stereocenters. The Morgan fingerprint density at radius 2 is 1.69 bits per heavy atom. The lowest BCUT2D eigenvalue weighted by Crippen LogP contribution is -2.32. The summed E-state index contributed by atoms with van der Waals surface area (Å²) in [6, 6.07) is 4.27. The lowest BCUT2D eigenvalue weighted by Gasteiger charge is -2.31. The summed E-state index contributed by atoms with van der Waals surface area (Å²) in [7, 11) is 1.69. The van der Waals surface area contributed by atoms with E-state index in [0.29, 0.717) is 12.5 Å². The van der Waals surface area contributed by atoms with Gasteiger partial charge in [0.25, 0.3) is 0 Å². The molecular weight excluding hydrogens is 364 g/mol. The molecule has 7 heteroatoms. The fourth-order valence-corrected chi connectivity index (χ4v) is 3.70. The monoisotopic (exact) mass is 390 g/mol. The van der Waals surface area contributed by atoms with E-state index in [4.69, 9.17) is 9.72 Å². The fourth-order valence-electron chi connectivity index (χ4n) is 3.70. The standard InChI is InChI=1S/C22H26N6O/c1-29-9-6-22-26-10-17(11-27-22)15-28-7-4-18(5-8-28)21-3-2-19(14-25-21)20-12-23-16-24-13-20/h2-3,10-14,16,18H,4-9,15H2,1H3. The number of hydrogen-bond acceptors (Lipinski definition) is 7. The predicted octanol–water partition coefficient (Wildman–Crippen LogP) is 2.90. The first-order chi connectivity index (χ1) is 14.3. The minimum absolute atomic E-state index is 0.514. The van der Waals surface area contributed by atoms with Gasteiger partial charge in [0.1, 0.15) is 12.2 Å². The molecular formula is C22H26N6O. The molecule has 1 aliphatic rings. The molecule has 4 rings (SSSR count). The highest BCUT2D eigenvalue weighted by molar-refractivity contribution is 5.60. The third-order valence-electron chi connectivity index (χ3n) is 5.38. The second-order valence-electron chi connectivity index (χ2n) is 7.40. The van der Waals surface area contributed by atoms with Gasteiger partial charge in [-0.05, 0) is 32.0 Å². The van der Waals surface area contributed by atoms with Crippen LogP contribution in [-0.2, 0) is 17.7 Å². The van der Waals surface area contributed by atoms with Crippen molar-refractivity contribution in [2.75, 3.05) is 26.8 Å². The molecule has 3 aromatic rings. The highest BCUT2D eigenvalue weighted by atomic mass is 16.5. The summed E-state index contributed by atoms with van der Waals surface area (Å²) in [5, 5.41) is 0. The van der Waals surface area contributed by atoms with Gasteiger partial charge in [0.05, 0.1) is 6.61 Å². The number of rotatable bonds is 7. The molecule has 150 valence electrons. The van der Waals surface area contributed by atoms with Crippen molar-refractivity contribution in [3.05, 3.63) is 66.5 Å². The van der Waals surface area contributed by atoms with Crippen molar-refractivity contribution in [3.63, 3.8) is 0 Å². The molecule has 0 N–H and O–H groups in total. The summed E-state index contributed by atoms with van der Waals surface area (Å²) in [6.45, 7) is 3.68. The number of ether oxygens (including phenoxy) is 1. The second-order valence-corrected chi connectivity index (χ2v) is 7.40. The number of aromatic nitrogens is 5. The number of pyridine rings is 1. The Bertz CT molecular complexity index is 877. The molecule has 0 unspecified atom stereocenters. The van der Waals surface area contributed by atoms with E-state index in [1.165, 1.54) is 5.69 Å². The van der Waals surface area contributed by atoms with Crippen molar-refractivity contribution in [1.82, 2.24) is 29.8 Å². The van der Waals surface area contributed by atoms with Crippen LogP contribution in [0.4, 0.5) is 0 Å². The molecule has 0 saturated carbocycles. The van der Waals surface area contributed by atoms with Gasteiger partial charge in [-0.3, -0.25) is 9.88 Å². The summed E-state index contributed by atoms with van der Waals surface area (Å²) < 4.78 is 5.07. The zero-order valence-electron chi connectivity index (χ0n) is 16.7. The molecule has 1 fully saturated rings. The average Bonchev–Trinajstić information content (AvgIpc) is 2.80. The molecule has 0 spiro atoms. The topological polar surface area (TPSA) is 76.9 Å².